The van der Waals surface area contributed by atoms with E-state index in [4.69, 9.17) is 14.2 Å². The van der Waals surface area contributed by atoms with E-state index in [1.165, 1.54) is 186 Å². The molecule has 476 valence electrons. The van der Waals surface area contributed by atoms with Crippen LogP contribution in [0.4, 0.5) is 0 Å². The quantitative estimate of drug-likeness (QED) is 0.0261. The van der Waals surface area contributed by atoms with Crippen molar-refractivity contribution in [2.45, 2.75) is 348 Å². The topological polar surface area (TPSA) is 78.9 Å². The lowest BCUT2D eigenvalue weighted by molar-refractivity contribution is -0.167. The van der Waals surface area contributed by atoms with Gasteiger partial charge in [0.25, 0.3) is 0 Å². The normalized spacial score (nSPS) is 12.8. The van der Waals surface area contributed by atoms with Gasteiger partial charge in [-0.3, -0.25) is 14.4 Å². The average Bonchev–Trinajstić information content (AvgIpc) is 3.49. The molecule has 0 bridgehead atoms. The molecule has 0 aromatic heterocycles. The van der Waals surface area contributed by atoms with E-state index in [0.29, 0.717) is 19.3 Å². The smallest absolute Gasteiger partial charge is 0.306 e. The number of carbonyl (C=O) groups excluding carboxylic acids is 3. The van der Waals surface area contributed by atoms with Gasteiger partial charge in [0.1, 0.15) is 13.2 Å². The fourth-order valence-corrected chi connectivity index (χ4v) is 9.94. The van der Waals surface area contributed by atoms with E-state index in [-0.39, 0.29) is 31.1 Å². The maximum Gasteiger partial charge on any atom is 0.306 e. The van der Waals surface area contributed by atoms with E-state index in [0.717, 1.165) is 116 Å². The van der Waals surface area contributed by atoms with Gasteiger partial charge < -0.3 is 14.2 Å². The van der Waals surface area contributed by atoms with Crippen LogP contribution >= 0.6 is 0 Å². The van der Waals surface area contributed by atoms with E-state index in [2.05, 4.69) is 130 Å². The molecule has 0 aliphatic rings. The van der Waals surface area contributed by atoms with Crippen molar-refractivity contribution in [2.75, 3.05) is 13.2 Å². The number of esters is 3. The van der Waals surface area contributed by atoms with Gasteiger partial charge in [0.15, 0.2) is 6.10 Å². The summed E-state index contributed by atoms with van der Waals surface area (Å²) in [6, 6.07) is 0. The Morgan fingerprint density at radius 3 is 0.735 bits per heavy atom. The second-order valence-electron chi connectivity index (χ2n) is 23.4. The Labute approximate surface area is 514 Å². The molecule has 0 aromatic carbocycles. The van der Waals surface area contributed by atoms with Gasteiger partial charge >= 0.3 is 17.9 Å². The van der Waals surface area contributed by atoms with Crippen LogP contribution in [0.1, 0.15) is 342 Å². The third-order valence-electron chi connectivity index (χ3n) is 15.2. The molecule has 6 heteroatoms. The van der Waals surface area contributed by atoms with E-state index in [1.54, 1.807) is 0 Å². The third-order valence-corrected chi connectivity index (χ3v) is 15.2. The largest absolute Gasteiger partial charge is 0.462 e. The monoisotopic (exact) mass is 1150 g/mol. The van der Waals surface area contributed by atoms with Crippen LogP contribution in [-0.4, -0.2) is 37.2 Å². The van der Waals surface area contributed by atoms with Crippen LogP contribution in [0.2, 0.25) is 0 Å². The summed E-state index contributed by atoms with van der Waals surface area (Å²) in [5.41, 5.74) is 0. The molecule has 0 heterocycles. The van der Waals surface area contributed by atoms with Crippen molar-refractivity contribution in [3.05, 3.63) is 109 Å². The second-order valence-corrected chi connectivity index (χ2v) is 23.4. The summed E-state index contributed by atoms with van der Waals surface area (Å²) >= 11 is 0. The fraction of sp³-hybridized carbons (Fsp3) is 0.727. The molecule has 0 saturated heterocycles. The van der Waals surface area contributed by atoms with Gasteiger partial charge in [0.05, 0.1) is 0 Å². The highest BCUT2D eigenvalue weighted by atomic mass is 16.6. The summed E-state index contributed by atoms with van der Waals surface area (Å²) in [6.07, 6.45) is 96.8. The number of unbranched alkanes of at least 4 members (excludes halogenated alkanes) is 35. The Morgan fingerprint density at radius 1 is 0.253 bits per heavy atom. The number of ether oxygens (including phenoxy) is 3. The Hall–Kier alpha value is -3.93. The van der Waals surface area contributed by atoms with E-state index < -0.39 is 6.10 Å². The van der Waals surface area contributed by atoms with Gasteiger partial charge in [-0.25, -0.2) is 0 Å². The van der Waals surface area contributed by atoms with Crippen molar-refractivity contribution in [2.24, 2.45) is 0 Å². The minimum absolute atomic E-state index is 0.0825. The molecule has 0 aliphatic heterocycles. The first-order chi connectivity index (χ1) is 41.0. The minimum Gasteiger partial charge on any atom is -0.462 e. The van der Waals surface area contributed by atoms with Crippen LogP contribution in [0.25, 0.3) is 0 Å². The first-order valence-corrected chi connectivity index (χ1v) is 35.4. The lowest BCUT2D eigenvalue weighted by atomic mass is 10.0. The highest BCUT2D eigenvalue weighted by molar-refractivity contribution is 5.71. The molecule has 83 heavy (non-hydrogen) atoms. The van der Waals surface area contributed by atoms with Crippen LogP contribution in [0.5, 0.6) is 0 Å². The summed E-state index contributed by atoms with van der Waals surface area (Å²) < 4.78 is 17.0. The van der Waals surface area contributed by atoms with Gasteiger partial charge in [-0.2, -0.15) is 0 Å². The van der Waals surface area contributed by atoms with E-state index >= 15 is 0 Å². The number of carbonyl (C=O) groups is 3. The Bertz CT molecular complexity index is 1660. The Balaban J connectivity index is 4.27. The summed E-state index contributed by atoms with van der Waals surface area (Å²) in [7, 11) is 0. The van der Waals surface area contributed by atoms with Crippen LogP contribution < -0.4 is 0 Å². The van der Waals surface area contributed by atoms with Crippen LogP contribution in [0.3, 0.4) is 0 Å². The number of hydrogen-bond donors (Lipinski definition) is 0. The molecular weight excluding hydrogens is 1020 g/mol. The van der Waals surface area contributed by atoms with Crippen LogP contribution in [0.15, 0.2) is 109 Å². The number of allylic oxidation sites excluding steroid dienone is 18. The molecule has 0 N–H and O–H groups in total. The molecule has 0 saturated carbocycles. The number of hydrogen-bond acceptors (Lipinski definition) is 6. The van der Waals surface area contributed by atoms with Gasteiger partial charge in [0.2, 0.25) is 0 Å². The van der Waals surface area contributed by atoms with E-state index in [1.807, 2.05) is 0 Å². The molecule has 0 spiro atoms. The van der Waals surface area contributed by atoms with Crippen molar-refractivity contribution >= 4 is 17.9 Å². The lowest BCUT2D eigenvalue weighted by Crippen LogP contribution is -2.30. The summed E-state index contributed by atoms with van der Waals surface area (Å²) in [5.74, 6) is -0.887. The molecule has 0 fully saturated rings. The van der Waals surface area contributed by atoms with Crippen molar-refractivity contribution in [1.82, 2.24) is 0 Å². The SMILES string of the molecule is CC/C=C\C/C=C\C/C=C\C/C=C\C/C=C\CCCCCCCCCCCCCCCCCC(=O)OCC(COC(=O)CCCCCCC/C=C\C/C=C\CCCCC)OC(=O)CCCCCCCCCCC/C=C\C/C=C\CCCCC. The predicted molar refractivity (Wildman–Crippen MR) is 362 cm³/mol. The zero-order valence-corrected chi connectivity index (χ0v) is 54.7. The fourth-order valence-electron chi connectivity index (χ4n) is 9.94. The maximum absolute atomic E-state index is 12.9. The molecule has 0 rings (SSSR count). The lowest BCUT2D eigenvalue weighted by Gasteiger charge is -2.18. The van der Waals surface area contributed by atoms with Gasteiger partial charge in [-0.1, -0.05) is 304 Å². The minimum atomic E-state index is -0.788. The Kier molecular flexibility index (Phi) is 67.2. The maximum atomic E-state index is 12.9. The zero-order valence-electron chi connectivity index (χ0n) is 54.7. The average molecular weight is 1150 g/mol. The molecule has 0 radical (unpaired) electrons. The highest BCUT2D eigenvalue weighted by Crippen LogP contribution is 2.17. The summed E-state index contributed by atoms with van der Waals surface area (Å²) in [5, 5.41) is 0. The zero-order chi connectivity index (χ0) is 59.9. The molecule has 1 unspecified atom stereocenters. The van der Waals surface area contributed by atoms with Gasteiger partial charge in [0, 0.05) is 19.3 Å². The third kappa shape index (κ3) is 68.7. The van der Waals surface area contributed by atoms with Gasteiger partial charge in [-0.05, 0) is 128 Å². The summed E-state index contributed by atoms with van der Waals surface area (Å²) in [4.78, 5) is 38.4. The predicted octanol–water partition coefficient (Wildman–Crippen LogP) is 24.6. The van der Waals surface area contributed by atoms with Gasteiger partial charge in [-0.15, -0.1) is 0 Å². The number of rotatable bonds is 64. The highest BCUT2D eigenvalue weighted by Gasteiger charge is 2.19. The standard InChI is InChI=1S/C77H132O6/c1-4-7-10-13-16-19-22-25-28-30-32-33-34-35-36-37-38-39-40-41-42-43-45-46-49-52-55-58-61-64-67-70-76(79)82-73-74(72-81-75(78)69-66-63-60-57-54-51-48-27-24-21-18-15-12-9-6-3)83-77(80)71-68-65-62-59-56-53-50-47-44-31-29-26-23-20-17-14-11-8-5-2/h7,10,16-21,25-29,32-33,35-36,48,74H,4-6,8-9,11-15,22-24,30-31,34,37-47,49-73H2,1-3H3/b10-7-,19-16-,20-17-,21-18-,28-25-,29-26-,33-32-,36-35-,48-27-. The van der Waals surface area contributed by atoms with E-state index in [9.17, 15) is 14.4 Å². The van der Waals surface area contributed by atoms with Crippen molar-refractivity contribution in [1.29, 1.82) is 0 Å². The van der Waals surface area contributed by atoms with Crippen molar-refractivity contribution < 1.29 is 28.6 Å². The van der Waals surface area contributed by atoms with Crippen molar-refractivity contribution in [3.63, 3.8) is 0 Å². The molecule has 0 amide bonds. The summed E-state index contributed by atoms with van der Waals surface area (Å²) in [6.45, 7) is 6.50. The Morgan fingerprint density at radius 2 is 0.470 bits per heavy atom. The molecule has 0 aromatic rings. The van der Waals surface area contributed by atoms with Crippen LogP contribution in [0, 0.1) is 0 Å². The van der Waals surface area contributed by atoms with Crippen molar-refractivity contribution in [3.8, 4) is 0 Å². The molecule has 0 aliphatic carbocycles. The first kappa shape index (κ1) is 79.1. The van der Waals surface area contributed by atoms with Crippen LogP contribution in [-0.2, 0) is 28.6 Å². The first-order valence-electron chi connectivity index (χ1n) is 35.4. The second kappa shape index (κ2) is 70.6. The molecular formula is C77H132O6. The molecule has 6 nitrogen and oxygen atoms in total. The molecule has 1 atom stereocenters.